The minimum Gasteiger partial charge on any atom is -0.483 e. The number of carboxylic acids is 1. The third-order valence-corrected chi connectivity index (χ3v) is 10.4. The highest BCUT2D eigenvalue weighted by Crippen LogP contribution is 2.37. The van der Waals surface area contributed by atoms with Gasteiger partial charge in [0.25, 0.3) is 6.47 Å². The Hall–Kier alpha value is -5.38. The van der Waals surface area contributed by atoms with E-state index in [0.717, 1.165) is 73.5 Å². The van der Waals surface area contributed by atoms with Crippen LogP contribution in [0.2, 0.25) is 5.02 Å². The highest BCUT2D eigenvalue weighted by atomic mass is 35.5. The van der Waals surface area contributed by atoms with Crippen LogP contribution in [0, 0.1) is 5.92 Å². The van der Waals surface area contributed by atoms with E-state index >= 15 is 4.79 Å². The number of hydrogen-bond acceptors (Lipinski definition) is 5. The van der Waals surface area contributed by atoms with Gasteiger partial charge in [-0.25, -0.2) is 4.79 Å². The van der Waals surface area contributed by atoms with Crippen LogP contribution in [0.5, 0.6) is 0 Å². The number of nitrogens with one attached hydrogen (secondary N) is 1. The predicted octanol–water partition coefficient (Wildman–Crippen LogP) is 10.1. The van der Waals surface area contributed by atoms with E-state index in [9.17, 15) is 26.3 Å². The van der Waals surface area contributed by atoms with Crippen LogP contribution in [0.4, 0.5) is 32.0 Å². The molecule has 3 N–H and O–H groups in total. The molecule has 0 saturated heterocycles. The molecule has 1 aliphatic heterocycles. The quantitative estimate of drug-likeness (QED) is 0.0751. The van der Waals surface area contributed by atoms with Crippen molar-refractivity contribution in [2.75, 3.05) is 45.2 Å². The highest BCUT2D eigenvalue weighted by Gasteiger charge is 2.40. The number of benzene rings is 4. The van der Waals surface area contributed by atoms with E-state index < -0.39 is 18.8 Å². The summed E-state index contributed by atoms with van der Waals surface area (Å²) in [4.78, 5) is 43.0. The Kier molecular flexibility index (Phi) is 21.0. The minimum atomic E-state index is -5.08. The van der Waals surface area contributed by atoms with Crippen molar-refractivity contribution in [1.82, 2.24) is 14.8 Å². The SMILES string of the molecule is CC(c1c[nH]c2ccccc12)C(C(=O)N1C[C@@H](CN(C)C)Cc2cc(Cl)ccc21)N(CCCc1ccccc1)CCCc1ccccc1.FC(F)F.O=C(O)C(F)(F)F.O=CO. The average Bonchev–Trinajstić information content (AvgIpc) is 3.65. The Labute approximate surface area is 362 Å². The number of aromatic amines is 1. The molecular formula is C46H53ClF6N4O5. The van der Waals surface area contributed by atoms with Gasteiger partial charge >= 0.3 is 18.8 Å². The van der Waals surface area contributed by atoms with Crippen molar-refractivity contribution in [3.8, 4) is 0 Å². The molecule has 3 atom stereocenters. The summed E-state index contributed by atoms with van der Waals surface area (Å²) < 4.78 is 60.7. The maximum absolute atomic E-state index is 15.4. The van der Waals surface area contributed by atoms with Gasteiger partial charge in [0.05, 0.1) is 6.04 Å². The number of rotatable bonds is 14. The number of H-pyrrole nitrogens is 1. The lowest BCUT2D eigenvalue weighted by molar-refractivity contribution is -0.192. The van der Waals surface area contributed by atoms with Crippen LogP contribution in [0.15, 0.2) is 109 Å². The van der Waals surface area contributed by atoms with Crippen molar-refractivity contribution in [2.24, 2.45) is 5.92 Å². The van der Waals surface area contributed by atoms with Gasteiger partial charge in [0, 0.05) is 46.8 Å². The summed E-state index contributed by atoms with van der Waals surface area (Å²) in [6.07, 6.45) is 1.88. The molecule has 0 radical (unpaired) electrons. The summed E-state index contributed by atoms with van der Waals surface area (Å²) in [5.41, 5.74) is 7.13. The number of amides is 1. The van der Waals surface area contributed by atoms with Gasteiger partial charge in [-0.15, -0.1) is 0 Å². The fourth-order valence-electron chi connectivity index (χ4n) is 7.70. The summed E-state index contributed by atoms with van der Waals surface area (Å²) in [6, 6.07) is 35.6. The molecule has 1 amide bonds. The molecule has 62 heavy (non-hydrogen) atoms. The first-order valence-electron chi connectivity index (χ1n) is 19.9. The third kappa shape index (κ3) is 16.5. The number of alkyl halides is 6. The van der Waals surface area contributed by atoms with Crippen molar-refractivity contribution in [2.45, 2.75) is 63.8 Å². The van der Waals surface area contributed by atoms with Gasteiger partial charge in [-0.1, -0.05) is 97.4 Å². The fraction of sp³-hybridized carbons (Fsp3) is 0.370. The van der Waals surface area contributed by atoms with Crippen molar-refractivity contribution >= 4 is 46.5 Å². The molecule has 0 fully saturated rings. The predicted molar refractivity (Wildman–Crippen MR) is 231 cm³/mol. The smallest absolute Gasteiger partial charge is 0.483 e. The number of halogens is 7. The van der Waals surface area contributed by atoms with Crippen LogP contribution in [-0.2, 0) is 33.6 Å². The summed E-state index contributed by atoms with van der Waals surface area (Å²) in [5, 5.41) is 15.9. The zero-order chi connectivity index (χ0) is 45.8. The van der Waals surface area contributed by atoms with E-state index in [0.29, 0.717) is 12.5 Å². The van der Waals surface area contributed by atoms with Crippen LogP contribution in [0.3, 0.4) is 0 Å². The summed E-state index contributed by atoms with van der Waals surface area (Å²) in [7, 11) is 4.23. The number of hydrogen-bond donors (Lipinski definition) is 3. The average molecular weight is 891 g/mol. The first kappa shape index (κ1) is 51.0. The van der Waals surface area contributed by atoms with Gasteiger partial charge in [0.15, 0.2) is 0 Å². The number of aryl methyl sites for hydroxylation is 2. The number of aromatic nitrogens is 1. The summed E-state index contributed by atoms with van der Waals surface area (Å²) in [6.45, 7) is 1.63. The second-order valence-electron chi connectivity index (χ2n) is 14.9. The van der Waals surface area contributed by atoms with Gasteiger partial charge in [0.2, 0.25) is 5.91 Å². The van der Waals surface area contributed by atoms with Crippen LogP contribution in [0.25, 0.3) is 10.9 Å². The molecular weight excluding hydrogens is 838 g/mol. The van der Waals surface area contributed by atoms with Gasteiger partial charge < -0.3 is 25.0 Å². The molecule has 5 aromatic rings. The number of aliphatic carboxylic acids is 1. The molecule has 0 bridgehead atoms. The number of nitrogens with zero attached hydrogens (tertiary/aromatic N) is 3. The minimum absolute atomic E-state index is 0.0351. The fourth-order valence-corrected chi connectivity index (χ4v) is 7.89. The molecule has 1 aliphatic rings. The van der Waals surface area contributed by atoms with Gasteiger partial charge in [-0.05, 0) is 112 Å². The number of carboxylic acid groups (broad SMARTS) is 2. The van der Waals surface area contributed by atoms with Crippen LogP contribution >= 0.6 is 11.6 Å². The number of carbonyl (C=O) groups is 3. The molecule has 2 unspecified atom stereocenters. The first-order chi connectivity index (χ1) is 29.5. The van der Waals surface area contributed by atoms with Gasteiger partial charge in [-0.3, -0.25) is 14.5 Å². The zero-order valence-corrected chi connectivity index (χ0v) is 35.5. The van der Waals surface area contributed by atoms with E-state index in [2.05, 4.69) is 144 Å². The molecule has 2 heterocycles. The molecule has 0 spiro atoms. The van der Waals surface area contributed by atoms with Crippen LogP contribution in [-0.4, -0.2) is 103 Å². The van der Waals surface area contributed by atoms with E-state index in [1.165, 1.54) is 22.1 Å². The lowest BCUT2D eigenvalue weighted by atomic mass is 9.87. The molecule has 1 aromatic heterocycles. The van der Waals surface area contributed by atoms with Crippen molar-refractivity contribution < 1.29 is 50.9 Å². The Morgan fingerprint density at radius 3 is 1.89 bits per heavy atom. The molecule has 9 nitrogen and oxygen atoms in total. The van der Waals surface area contributed by atoms with E-state index in [-0.39, 0.29) is 24.3 Å². The molecule has 4 aromatic carbocycles. The van der Waals surface area contributed by atoms with Gasteiger partial charge in [0.1, 0.15) is 0 Å². The molecule has 0 aliphatic carbocycles. The first-order valence-corrected chi connectivity index (χ1v) is 20.3. The maximum atomic E-state index is 15.4. The zero-order valence-electron chi connectivity index (χ0n) is 34.7. The number of para-hydroxylation sites is 1. The highest BCUT2D eigenvalue weighted by molar-refractivity contribution is 6.30. The molecule has 0 saturated carbocycles. The number of anilines is 1. The van der Waals surface area contributed by atoms with Gasteiger partial charge in [-0.2, -0.15) is 26.3 Å². The standard InChI is InChI=1S/C42H49ClN4O.C2HF3O2.CHF3.CH2O2/c1-31(38-28-44-39-21-11-10-20-37(38)39)41(42(48)47-30-34(29-45(2)3)26-35-27-36(43)22-23-40(35)47)46(24-12-18-32-14-6-4-7-15-32)25-13-19-33-16-8-5-9-17-33;3-2(4,5)1(6)7;2-1(3)4;2-1-3/h4-11,14-17,20-23,27-28,31,34,41,44H,12-13,18-19,24-26,29-30H2,1-3H3;(H,6,7);1H;1H,(H,2,3)/t31?,34-,41?;;;/m1.../s1. The topological polar surface area (TPSA) is 117 Å². The maximum Gasteiger partial charge on any atom is 0.490 e. The third-order valence-electron chi connectivity index (χ3n) is 10.2. The molecule has 336 valence electrons. The van der Waals surface area contributed by atoms with E-state index in [1.54, 1.807) is 0 Å². The molecule has 16 heteroatoms. The number of carbonyl (C=O) groups excluding carboxylic acids is 1. The molecule has 6 rings (SSSR count). The Morgan fingerprint density at radius 2 is 1.39 bits per heavy atom. The Bertz CT molecular complexity index is 2060. The number of fused-ring (bicyclic) bond motifs is 2. The van der Waals surface area contributed by atoms with E-state index in [4.69, 9.17) is 31.4 Å². The Morgan fingerprint density at radius 1 is 0.887 bits per heavy atom. The lowest BCUT2D eigenvalue weighted by Crippen LogP contribution is -2.54. The normalized spacial score (nSPS) is 14.4. The van der Waals surface area contributed by atoms with Crippen LogP contribution in [0.1, 0.15) is 47.9 Å². The van der Waals surface area contributed by atoms with E-state index in [1.807, 2.05) is 6.07 Å². The van der Waals surface area contributed by atoms with Crippen molar-refractivity contribution in [3.05, 3.63) is 137 Å². The Balaban J connectivity index is 0.000000637. The van der Waals surface area contributed by atoms with Crippen molar-refractivity contribution in [1.29, 1.82) is 0 Å². The largest absolute Gasteiger partial charge is 0.490 e. The summed E-state index contributed by atoms with van der Waals surface area (Å²) in [5.74, 6) is -2.29. The monoisotopic (exact) mass is 890 g/mol. The summed E-state index contributed by atoms with van der Waals surface area (Å²) >= 11 is 6.53. The second kappa shape index (κ2) is 25.5. The lowest BCUT2D eigenvalue weighted by Gasteiger charge is -2.42. The second-order valence-corrected chi connectivity index (χ2v) is 15.4. The van der Waals surface area contributed by atoms with Crippen molar-refractivity contribution in [3.63, 3.8) is 0 Å². The van der Waals surface area contributed by atoms with Crippen LogP contribution < -0.4 is 4.90 Å².